The zero-order chi connectivity index (χ0) is 17.1. The lowest BCUT2D eigenvalue weighted by Gasteiger charge is -2.36. The number of nitrogens with zero attached hydrogens (tertiary/aromatic N) is 6. The van der Waals surface area contributed by atoms with E-state index in [2.05, 4.69) is 30.8 Å². The number of hydrogen-bond donors (Lipinski definition) is 0. The summed E-state index contributed by atoms with van der Waals surface area (Å²) in [5, 5.41) is 0. The molecule has 0 aliphatic carbocycles. The third-order valence-electron chi connectivity index (χ3n) is 4.96. The highest BCUT2D eigenvalue weighted by Gasteiger charge is 2.22. The van der Waals surface area contributed by atoms with Gasteiger partial charge < -0.3 is 14.7 Å². The molecule has 25 heavy (non-hydrogen) atoms. The fraction of sp³-hybridized carbons (Fsp3) is 0.500. The van der Waals surface area contributed by atoms with Crippen molar-refractivity contribution in [2.45, 2.75) is 19.3 Å². The van der Waals surface area contributed by atoms with Crippen LogP contribution < -0.4 is 14.7 Å². The molecule has 0 spiro atoms. The number of rotatable bonds is 3. The molecule has 2 aliphatic heterocycles. The monoisotopic (exact) mass is 342 g/mol. The van der Waals surface area contributed by atoms with Crippen molar-refractivity contribution in [1.82, 2.24) is 15.0 Å². The van der Waals surface area contributed by atoms with E-state index in [1.54, 1.807) is 18.6 Å². The van der Waals surface area contributed by atoms with Crippen LogP contribution in [0.3, 0.4) is 0 Å². The van der Waals surface area contributed by atoms with Crippen LogP contribution in [-0.4, -0.2) is 54.2 Å². The Morgan fingerprint density at radius 1 is 0.760 bits per heavy atom. The van der Waals surface area contributed by atoms with Gasteiger partial charge in [-0.2, -0.15) is 0 Å². The van der Waals surface area contributed by atoms with Gasteiger partial charge in [0.05, 0.1) is 0 Å². The van der Waals surface area contributed by atoms with Crippen LogP contribution in [0, 0.1) is 5.82 Å². The maximum atomic E-state index is 13.9. The average molecular weight is 342 g/mol. The first-order valence-corrected chi connectivity index (χ1v) is 8.99. The smallest absolute Gasteiger partial charge is 0.165 e. The normalized spacial score (nSPS) is 18.5. The van der Waals surface area contributed by atoms with Crippen molar-refractivity contribution < 1.29 is 4.39 Å². The van der Waals surface area contributed by atoms with Gasteiger partial charge in [0.2, 0.25) is 0 Å². The summed E-state index contributed by atoms with van der Waals surface area (Å²) in [4.78, 5) is 19.7. The van der Waals surface area contributed by atoms with Gasteiger partial charge in [0.1, 0.15) is 18.0 Å². The molecule has 0 amide bonds. The molecule has 0 aromatic carbocycles. The highest BCUT2D eigenvalue weighted by Crippen LogP contribution is 2.23. The van der Waals surface area contributed by atoms with Crippen LogP contribution in [0.5, 0.6) is 0 Å². The quantitative estimate of drug-likeness (QED) is 0.853. The van der Waals surface area contributed by atoms with Gasteiger partial charge in [0.25, 0.3) is 0 Å². The van der Waals surface area contributed by atoms with Crippen LogP contribution in [0.1, 0.15) is 19.3 Å². The summed E-state index contributed by atoms with van der Waals surface area (Å²) in [7, 11) is 0. The number of piperazine rings is 1. The topological polar surface area (TPSA) is 48.4 Å². The number of halogens is 1. The Kier molecular flexibility index (Phi) is 4.63. The molecule has 0 bridgehead atoms. The Labute approximate surface area is 147 Å². The van der Waals surface area contributed by atoms with Crippen molar-refractivity contribution in [2.75, 3.05) is 54.0 Å². The molecule has 2 aromatic rings. The third kappa shape index (κ3) is 3.50. The number of aromatic nitrogens is 3. The highest BCUT2D eigenvalue weighted by molar-refractivity contribution is 5.52. The zero-order valence-electron chi connectivity index (χ0n) is 14.3. The van der Waals surface area contributed by atoms with Gasteiger partial charge in [0, 0.05) is 51.5 Å². The maximum Gasteiger partial charge on any atom is 0.165 e. The summed E-state index contributed by atoms with van der Waals surface area (Å²) in [5.41, 5.74) is 0. The summed E-state index contributed by atoms with van der Waals surface area (Å²) < 4.78 is 13.9. The molecule has 0 atom stereocenters. The predicted octanol–water partition coefficient (Wildman–Crippen LogP) is 2.33. The van der Waals surface area contributed by atoms with E-state index >= 15 is 0 Å². The molecular weight excluding hydrogens is 319 g/mol. The molecule has 4 heterocycles. The van der Waals surface area contributed by atoms with E-state index < -0.39 is 0 Å². The second-order valence-electron chi connectivity index (χ2n) is 6.57. The molecule has 0 N–H and O–H groups in total. The van der Waals surface area contributed by atoms with Gasteiger partial charge in [-0.25, -0.2) is 19.3 Å². The molecule has 2 fully saturated rings. The largest absolute Gasteiger partial charge is 0.356 e. The van der Waals surface area contributed by atoms with Crippen LogP contribution in [-0.2, 0) is 0 Å². The lowest BCUT2D eigenvalue weighted by Crippen LogP contribution is -2.47. The molecule has 7 heteroatoms. The van der Waals surface area contributed by atoms with Gasteiger partial charge in [-0.3, -0.25) is 0 Å². The van der Waals surface area contributed by atoms with Gasteiger partial charge in [-0.15, -0.1) is 0 Å². The molecular formula is C18H23FN6. The number of anilines is 3. The van der Waals surface area contributed by atoms with Crippen LogP contribution in [0.4, 0.5) is 21.8 Å². The fourth-order valence-electron chi connectivity index (χ4n) is 3.56. The van der Waals surface area contributed by atoms with Crippen molar-refractivity contribution in [2.24, 2.45) is 0 Å². The number of hydrogen-bond acceptors (Lipinski definition) is 6. The first-order chi connectivity index (χ1) is 12.3. The van der Waals surface area contributed by atoms with Gasteiger partial charge in [0.15, 0.2) is 11.6 Å². The zero-order valence-corrected chi connectivity index (χ0v) is 14.3. The van der Waals surface area contributed by atoms with Crippen molar-refractivity contribution in [3.8, 4) is 0 Å². The van der Waals surface area contributed by atoms with E-state index in [4.69, 9.17) is 0 Å². The van der Waals surface area contributed by atoms with Crippen LogP contribution >= 0.6 is 0 Å². The Balaban J connectivity index is 1.43. The molecule has 6 nitrogen and oxygen atoms in total. The van der Waals surface area contributed by atoms with Crippen molar-refractivity contribution in [1.29, 1.82) is 0 Å². The lowest BCUT2D eigenvalue weighted by atomic mass is 10.1. The Hall–Kier alpha value is -2.44. The summed E-state index contributed by atoms with van der Waals surface area (Å²) >= 11 is 0. The SMILES string of the molecule is Fc1cccnc1N1CCN(c2cc(N3CCCCC3)ncn2)CC1. The standard InChI is InChI=1S/C18H23FN6/c19-15-5-4-6-20-18(15)25-11-9-24(10-12-25)17-13-16(21-14-22-17)23-7-2-1-3-8-23/h4-6,13-14H,1-3,7-12H2. The number of piperidine rings is 1. The van der Waals surface area contributed by atoms with E-state index in [9.17, 15) is 4.39 Å². The van der Waals surface area contributed by atoms with Crippen molar-refractivity contribution in [3.63, 3.8) is 0 Å². The highest BCUT2D eigenvalue weighted by atomic mass is 19.1. The Bertz CT molecular complexity index is 710. The van der Waals surface area contributed by atoms with Crippen LogP contribution in [0.25, 0.3) is 0 Å². The summed E-state index contributed by atoms with van der Waals surface area (Å²) in [5.74, 6) is 2.16. The predicted molar refractivity (Wildman–Crippen MR) is 96.7 cm³/mol. The molecule has 2 aromatic heterocycles. The second kappa shape index (κ2) is 7.21. The number of pyridine rings is 1. The molecule has 2 saturated heterocycles. The van der Waals surface area contributed by atoms with E-state index in [-0.39, 0.29) is 5.82 Å². The van der Waals surface area contributed by atoms with Crippen LogP contribution in [0.15, 0.2) is 30.7 Å². The Morgan fingerprint density at radius 3 is 2.08 bits per heavy atom. The molecule has 132 valence electrons. The fourth-order valence-corrected chi connectivity index (χ4v) is 3.56. The first kappa shape index (κ1) is 16.1. The minimum absolute atomic E-state index is 0.259. The minimum Gasteiger partial charge on any atom is -0.356 e. The van der Waals surface area contributed by atoms with Gasteiger partial charge in [-0.1, -0.05) is 0 Å². The van der Waals surface area contributed by atoms with Gasteiger partial charge >= 0.3 is 0 Å². The van der Waals surface area contributed by atoms with E-state index in [1.165, 1.54) is 25.3 Å². The van der Waals surface area contributed by atoms with Crippen LogP contribution in [0.2, 0.25) is 0 Å². The maximum absolute atomic E-state index is 13.9. The van der Waals surface area contributed by atoms with E-state index in [1.807, 2.05) is 4.90 Å². The van der Waals surface area contributed by atoms with Crippen molar-refractivity contribution >= 4 is 17.5 Å². The molecule has 2 aliphatic rings. The first-order valence-electron chi connectivity index (χ1n) is 8.99. The second-order valence-corrected chi connectivity index (χ2v) is 6.57. The lowest BCUT2D eigenvalue weighted by molar-refractivity contribution is 0.572. The summed E-state index contributed by atoms with van der Waals surface area (Å²) in [6, 6.07) is 5.17. The third-order valence-corrected chi connectivity index (χ3v) is 4.96. The molecule has 4 rings (SSSR count). The van der Waals surface area contributed by atoms with Crippen molar-refractivity contribution in [3.05, 3.63) is 36.5 Å². The van der Waals surface area contributed by atoms with E-state index in [0.29, 0.717) is 5.82 Å². The summed E-state index contributed by atoms with van der Waals surface area (Å²) in [6.07, 6.45) is 7.06. The molecule has 0 saturated carbocycles. The molecule has 0 radical (unpaired) electrons. The van der Waals surface area contributed by atoms with E-state index in [0.717, 1.165) is 50.9 Å². The average Bonchev–Trinajstić information content (AvgIpc) is 2.69. The Morgan fingerprint density at radius 2 is 1.40 bits per heavy atom. The van der Waals surface area contributed by atoms with Gasteiger partial charge in [-0.05, 0) is 31.4 Å². The minimum atomic E-state index is -0.259. The summed E-state index contributed by atoms with van der Waals surface area (Å²) in [6.45, 7) is 5.21. The molecule has 0 unspecified atom stereocenters.